The van der Waals surface area contributed by atoms with Crippen LogP contribution in [0.2, 0.25) is 0 Å². The van der Waals surface area contributed by atoms with E-state index in [4.69, 9.17) is 25.3 Å². The highest BCUT2D eigenvalue weighted by Gasteiger charge is 2.66. The van der Waals surface area contributed by atoms with Crippen LogP contribution < -0.4 is 42.3 Å². The number of carboxylic acid groups (broad SMARTS) is 1. The van der Waals surface area contributed by atoms with Crippen LogP contribution in [0.15, 0.2) is 72.9 Å². The first-order valence-corrected chi connectivity index (χ1v) is 35.0. The van der Waals surface area contributed by atoms with Gasteiger partial charge in [-0.3, -0.25) is 33.6 Å². The van der Waals surface area contributed by atoms with Gasteiger partial charge in [-0.2, -0.15) is 5.10 Å². The van der Waals surface area contributed by atoms with Crippen molar-refractivity contribution in [3.8, 4) is 11.1 Å². The highest BCUT2D eigenvalue weighted by atomic mass is 32.1. The number of rotatable bonds is 29. The van der Waals surface area contributed by atoms with E-state index in [1.807, 2.05) is 49.1 Å². The van der Waals surface area contributed by atoms with Gasteiger partial charge in [0.1, 0.15) is 36.8 Å². The molecule has 3 aliphatic heterocycles. The molecular weight excluding hydrogens is 1270 g/mol. The number of hydrogen-bond acceptors (Lipinski definition) is 18. The Labute approximate surface area is 572 Å². The molecular formula is C71H88FN15O10S. The zero-order valence-corrected chi connectivity index (χ0v) is 57.4. The number of anilines is 5. The summed E-state index contributed by atoms with van der Waals surface area (Å²) in [6, 6.07) is 13.2. The number of hydrogen-bond donors (Lipinski definition) is 6. The number of amides is 7. The number of aromatic carboxylic acids is 1. The molecule has 7 aliphatic rings. The molecule has 27 heteroatoms. The van der Waals surface area contributed by atoms with Gasteiger partial charge in [0.05, 0.1) is 73.1 Å². The Kier molecular flexibility index (Phi) is 19.9. The lowest BCUT2D eigenvalue weighted by molar-refractivity contribution is -0.930. The number of pyridine rings is 1. The zero-order chi connectivity index (χ0) is 69.3. The highest BCUT2D eigenvalue weighted by Crippen LogP contribution is 2.72. The fourth-order valence-corrected chi connectivity index (χ4v) is 18.3. The molecule has 7 heterocycles. The van der Waals surface area contributed by atoms with E-state index in [1.54, 1.807) is 32.2 Å². The number of fused-ring (bicyclic) bond motifs is 2. The van der Waals surface area contributed by atoms with Gasteiger partial charge in [0.2, 0.25) is 17.7 Å². The van der Waals surface area contributed by atoms with Gasteiger partial charge < -0.3 is 61.1 Å². The van der Waals surface area contributed by atoms with E-state index in [9.17, 15) is 43.1 Å². The summed E-state index contributed by atoms with van der Waals surface area (Å²) in [5.74, 6) is -2.85. The average molecular weight is 1360 g/mol. The molecule has 98 heavy (non-hydrogen) atoms. The highest BCUT2D eigenvalue weighted by molar-refractivity contribution is 7.22. The maximum absolute atomic E-state index is 14.0. The van der Waals surface area contributed by atoms with Crippen molar-refractivity contribution in [2.45, 2.75) is 156 Å². The number of benzene rings is 2. The SMILES string of the molecule is Cc1c(Nc2nc3ccc(F)cc3s2)nnc2c1CCCN2c1ccc(-c2cnn(CC34CC5(C)CC(C)(C3)CC(OCC[N+]3(Cc6ccc(NC(=O)[C@H](CCCNC(N)=O)NC(=O)[C@@H](NC(=O)CCOCCN7C(=O)C=CC7=O)C(C)C)cc6)CCCC3)(C5)C4)c2C)c(C(=O)[O-])n1. The Morgan fingerprint density at radius 3 is 2.31 bits per heavy atom. The van der Waals surface area contributed by atoms with E-state index in [2.05, 4.69) is 60.3 Å². The number of nitrogens with one attached hydrogen (secondary N) is 5. The second-order valence-corrected chi connectivity index (χ2v) is 30.3. The lowest BCUT2D eigenvalue weighted by Crippen LogP contribution is -2.64. The number of carbonyl (C=O) groups excluding carboxylic acids is 7. The van der Waals surface area contributed by atoms with Gasteiger partial charge in [-0.25, -0.2) is 19.2 Å². The second-order valence-electron chi connectivity index (χ2n) is 29.2. The molecule has 1 saturated heterocycles. The average Bonchev–Trinajstić information content (AvgIpc) is 0.929. The molecule has 25 nitrogen and oxygen atoms in total. The fraction of sp³-hybridized carbons (Fsp3) is 0.521. The molecule has 7 N–H and O–H groups in total. The minimum atomic E-state index is -1.39. The van der Waals surface area contributed by atoms with E-state index >= 15 is 0 Å². The van der Waals surface area contributed by atoms with E-state index in [-0.39, 0.29) is 78.4 Å². The van der Waals surface area contributed by atoms with E-state index in [1.165, 1.54) is 35.6 Å². The predicted octanol–water partition coefficient (Wildman–Crippen LogP) is 7.58. The maximum Gasteiger partial charge on any atom is 0.312 e. The summed E-state index contributed by atoms with van der Waals surface area (Å²) in [6.07, 6.45) is 14.4. The molecule has 4 atom stereocenters. The number of nitrogens with zero attached hydrogens (tertiary/aromatic N) is 9. The van der Waals surface area contributed by atoms with Crippen LogP contribution in [0.3, 0.4) is 0 Å². The first-order chi connectivity index (χ1) is 46.8. The van der Waals surface area contributed by atoms with Crippen molar-refractivity contribution in [2.24, 2.45) is 27.9 Å². The largest absolute Gasteiger partial charge is 0.543 e. The third-order valence-electron chi connectivity index (χ3n) is 20.8. The number of aromatic nitrogens is 6. The molecule has 4 aromatic heterocycles. The summed E-state index contributed by atoms with van der Waals surface area (Å²) < 4.78 is 30.5. The number of imide groups is 1. The van der Waals surface area contributed by atoms with Gasteiger partial charge in [0, 0.05) is 90.2 Å². The number of carboxylic acids is 1. The molecule has 6 aromatic rings. The van der Waals surface area contributed by atoms with Crippen LogP contribution in [-0.2, 0) is 53.0 Å². The Hall–Kier alpha value is -8.79. The van der Waals surface area contributed by atoms with Crippen molar-refractivity contribution < 1.29 is 57.0 Å². The number of urea groups is 1. The minimum Gasteiger partial charge on any atom is -0.543 e. The predicted molar refractivity (Wildman–Crippen MR) is 364 cm³/mol. The van der Waals surface area contributed by atoms with Crippen molar-refractivity contribution >= 4 is 91.4 Å². The Balaban J connectivity index is 0.671. The molecule has 2 unspecified atom stereocenters. The number of primary amides is 1. The number of quaternary nitrogens is 1. The van der Waals surface area contributed by atoms with Crippen LogP contribution in [0.5, 0.6) is 0 Å². The van der Waals surface area contributed by atoms with Crippen molar-refractivity contribution in [1.82, 2.24) is 50.8 Å². The topological polar surface area (TPSA) is 323 Å². The third-order valence-corrected chi connectivity index (χ3v) is 21.7. The van der Waals surface area contributed by atoms with Crippen LogP contribution >= 0.6 is 11.3 Å². The molecule has 0 radical (unpaired) electrons. The number of nitrogens with two attached hydrogens (primary N) is 1. The Bertz CT molecular complexity index is 4060. The number of thiazole rings is 1. The number of carbonyl (C=O) groups is 7. The molecule has 4 aliphatic carbocycles. The molecule has 4 saturated carbocycles. The van der Waals surface area contributed by atoms with Crippen molar-refractivity contribution in [3.63, 3.8) is 0 Å². The van der Waals surface area contributed by atoms with Gasteiger partial charge >= 0.3 is 6.03 Å². The molecule has 13 rings (SSSR count). The van der Waals surface area contributed by atoms with E-state index < -0.39 is 53.6 Å². The summed E-state index contributed by atoms with van der Waals surface area (Å²) in [6.45, 7) is 18.2. The molecule has 2 aromatic carbocycles. The fourth-order valence-electron chi connectivity index (χ4n) is 17.4. The van der Waals surface area contributed by atoms with Crippen LogP contribution in [0.25, 0.3) is 21.3 Å². The summed E-state index contributed by atoms with van der Waals surface area (Å²) in [7, 11) is 0. The Morgan fingerprint density at radius 2 is 1.59 bits per heavy atom. The lowest BCUT2D eigenvalue weighted by Gasteiger charge is -2.69. The van der Waals surface area contributed by atoms with Gasteiger partial charge in [-0.1, -0.05) is 51.2 Å². The van der Waals surface area contributed by atoms with Gasteiger partial charge in [0.25, 0.3) is 11.8 Å². The van der Waals surface area contributed by atoms with Crippen molar-refractivity contribution in [3.05, 3.63) is 107 Å². The van der Waals surface area contributed by atoms with Crippen LogP contribution in [0, 0.1) is 41.8 Å². The standard InChI is InChI=1S/C71H88FN15O10S/c1-43(2)59(80-56(88)23-30-96-31-26-85-57(89)21-22-58(85)90)64(92)77-53(12-9-24-74-66(73)95)63(91)76-48-16-13-46(14-17-48)35-87(27-7-8-28-87)29-32-97-71-39-68(5)36-69(6,40-71)38-70(37-68,41-71)42-86-45(4)51(34-75-86)50-18-20-55(79-60(50)65(93)94)84-25-10-11-49-44(3)61(82-83-62(49)84)81-67-78-52-19-15-47(72)33-54(52)98-67/h13-22,33-34,43,53,59H,7-12,23-32,35-42H2,1-6H3,(H7-,73,74,76,77,78,80,81,82,88,91,92,93,94,95)/t53-,59-,68?,69?,70?,71?/m0/s1. The van der Waals surface area contributed by atoms with Gasteiger partial charge in [-0.05, 0) is 143 Å². The molecule has 7 amide bonds. The monoisotopic (exact) mass is 1360 g/mol. The van der Waals surface area contributed by atoms with Crippen LogP contribution in [0.4, 0.5) is 37.5 Å². The van der Waals surface area contributed by atoms with Crippen LogP contribution in [-0.4, -0.2) is 158 Å². The van der Waals surface area contributed by atoms with Crippen molar-refractivity contribution in [2.75, 3.05) is 74.6 Å². The van der Waals surface area contributed by atoms with Gasteiger partial charge in [-0.15, -0.1) is 10.2 Å². The summed E-state index contributed by atoms with van der Waals surface area (Å²) >= 11 is 1.33. The molecule has 0 spiro atoms. The third kappa shape index (κ3) is 15.2. The molecule has 520 valence electrons. The van der Waals surface area contributed by atoms with E-state index in [0.717, 1.165) is 122 Å². The number of likely N-dealkylation sites (tertiary alicyclic amines) is 1. The van der Waals surface area contributed by atoms with E-state index in [0.29, 0.717) is 75.7 Å². The summed E-state index contributed by atoms with van der Waals surface area (Å²) in [5, 5.41) is 42.3. The first kappa shape index (κ1) is 69.1. The zero-order valence-electron chi connectivity index (χ0n) is 56.6. The quantitative estimate of drug-likeness (QED) is 0.0150. The van der Waals surface area contributed by atoms with Gasteiger partial charge in [0.15, 0.2) is 16.8 Å². The first-order valence-electron chi connectivity index (χ1n) is 34.2. The summed E-state index contributed by atoms with van der Waals surface area (Å²) in [5.41, 5.74) is 11.0. The number of halogens is 1. The minimum absolute atomic E-state index is 0.0115. The Morgan fingerprint density at radius 1 is 0.847 bits per heavy atom. The number of ether oxygens (including phenoxy) is 2. The normalized spacial score (nSPS) is 22.7. The molecule has 5 fully saturated rings. The summed E-state index contributed by atoms with van der Waals surface area (Å²) in [4.78, 5) is 101. The lowest BCUT2D eigenvalue weighted by atomic mass is 9.39. The molecule has 4 bridgehead atoms. The smallest absolute Gasteiger partial charge is 0.312 e. The van der Waals surface area contributed by atoms with Crippen LogP contribution in [0.1, 0.15) is 138 Å². The van der Waals surface area contributed by atoms with Crippen molar-refractivity contribution in [1.29, 1.82) is 0 Å². The maximum atomic E-state index is 14.0. The second kappa shape index (κ2) is 28.2.